The van der Waals surface area contributed by atoms with Crippen molar-refractivity contribution in [1.29, 1.82) is 0 Å². The Morgan fingerprint density at radius 1 is 1.29 bits per heavy atom. The Hall–Kier alpha value is -2.10. The number of carbonyl (C=O) groups is 1. The Balaban J connectivity index is 2.27. The van der Waals surface area contributed by atoms with Crippen LogP contribution in [-0.4, -0.2) is 22.8 Å². The summed E-state index contributed by atoms with van der Waals surface area (Å²) in [6.07, 6.45) is 0.501. The molecule has 0 aliphatic rings. The first kappa shape index (κ1) is 15.3. The van der Waals surface area contributed by atoms with Crippen molar-refractivity contribution in [2.24, 2.45) is 5.92 Å². The number of nitrogens with one attached hydrogen (secondary N) is 1. The fourth-order valence-electron chi connectivity index (χ4n) is 2.34. The molecule has 0 saturated carbocycles. The highest BCUT2D eigenvalue weighted by Crippen LogP contribution is 2.14. The molecule has 0 saturated heterocycles. The van der Waals surface area contributed by atoms with Crippen molar-refractivity contribution in [3.05, 3.63) is 45.7 Å². The van der Waals surface area contributed by atoms with Crippen LogP contribution >= 0.6 is 0 Å². The van der Waals surface area contributed by atoms with Gasteiger partial charge in [-0.1, -0.05) is 25.5 Å². The molecule has 0 atom stereocenters. The van der Waals surface area contributed by atoms with Gasteiger partial charge in [0.2, 0.25) is 5.91 Å². The molecular formula is C17H22N2O2. The van der Waals surface area contributed by atoms with Gasteiger partial charge in [-0.05, 0) is 36.4 Å². The van der Waals surface area contributed by atoms with Gasteiger partial charge in [0.1, 0.15) is 0 Å². The summed E-state index contributed by atoms with van der Waals surface area (Å²) in [4.78, 5) is 28.6. The Morgan fingerprint density at radius 2 is 2.00 bits per heavy atom. The first-order valence-electron chi connectivity index (χ1n) is 7.23. The minimum Gasteiger partial charge on any atom is -0.341 e. The molecule has 4 nitrogen and oxygen atoms in total. The number of aromatic amines is 1. The molecule has 1 amide bonds. The number of pyridine rings is 1. The normalized spacial score (nSPS) is 11.1. The zero-order valence-electron chi connectivity index (χ0n) is 13.1. The van der Waals surface area contributed by atoms with Gasteiger partial charge >= 0.3 is 0 Å². The summed E-state index contributed by atoms with van der Waals surface area (Å²) in [6.45, 7) is 6.38. The highest BCUT2D eigenvalue weighted by molar-refractivity contribution is 5.80. The maximum atomic E-state index is 12.1. The summed E-state index contributed by atoms with van der Waals surface area (Å²) in [7, 11) is 1.74. The van der Waals surface area contributed by atoms with E-state index in [1.807, 2.05) is 45.0 Å². The van der Waals surface area contributed by atoms with Gasteiger partial charge < -0.3 is 9.88 Å². The van der Waals surface area contributed by atoms with E-state index in [0.29, 0.717) is 24.4 Å². The first-order chi connectivity index (χ1) is 9.86. The third-order valence-electron chi connectivity index (χ3n) is 3.49. The molecule has 2 aromatic rings. The maximum Gasteiger partial charge on any atom is 0.253 e. The lowest BCUT2D eigenvalue weighted by Gasteiger charge is -2.18. The van der Waals surface area contributed by atoms with E-state index in [0.717, 1.165) is 16.5 Å². The molecule has 2 rings (SSSR count). The third-order valence-corrected chi connectivity index (χ3v) is 3.49. The molecule has 21 heavy (non-hydrogen) atoms. The predicted molar refractivity (Wildman–Crippen MR) is 85.2 cm³/mol. The van der Waals surface area contributed by atoms with Crippen molar-refractivity contribution in [3.8, 4) is 0 Å². The molecule has 0 fully saturated rings. The van der Waals surface area contributed by atoms with Crippen molar-refractivity contribution in [1.82, 2.24) is 9.88 Å². The number of nitrogens with zero attached hydrogens (tertiary/aromatic N) is 1. The number of hydrogen-bond acceptors (Lipinski definition) is 2. The minimum atomic E-state index is -0.129. The van der Waals surface area contributed by atoms with E-state index in [-0.39, 0.29) is 11.5 Å². The van der Waals surface area contributed by atoms with Gasteiger partial charge in [0, 0.05) is 24.5 Å². The largest absolute Gasteiger partial charge is 0.341 e. The van der Waals surface area contributed by atoms with Crippen LogP contribution in [0.4, 0.5) is 0 Å². The van der Waals surface area contributed by atoms with Crippen LogP contribution in [0.2, 0.25) is 0 Å². The van der Waals surface area contributed by atoms with Crippen molar-refractivity contribution >= 4 is 16.8 Å². The van der Waals surface area contributed by atoms with Crippen molar-refractivity contribution in [3.63, 3.8) is 0 Å². The minimum absolute atomic E-state index is 0.0636. The average molecular weight is 286 g/mol. The van der Waals surface area contributed by atoms with Crippen LogP contribution in [0.1, 0.15) is 31.4 Å². The number of benzene rings is 1. The summed E-state index contributed by atoms with van der Waals surface area (Å²) < 4.78 is 0. The second-order valence-corrected chi connectivity index (χ2v) is 6.06. The SMILES string of the molecule is Cc1ccc2[nH]c(=O)c(CN(C)C(=O)CC(C)C)cc2c1. The van der Waals surface area contributed by atoms with Gasteiger partial charge in [-0.15, -0.1) is 0 Å². The highest BCUT2D eigenvalue weighted by atomic mass is 16.2. The number of fused-ring (bicyclic) bond motifs is 1. The standard InChI is InChI=1S/C17H22N2O2/c1-11(2)7-16(20)19(4)10-14-9-13-8-12(3)5-6-15(13)18-17(14)21/h5-6,8-9,11H,7,10H2,1-4H3,(H,18,21). The molecule has 0 aliphatic carbocycles. The van der Waals surface area contributed by atoms with E-state index in [2.05, 4.69) is 4.98 Å². The number of carbonyl (C=O) groups excluding carboxylic acids is 1. The lowest BCUT2D eigenvalue weighted by atomic mass is 10.1. The Labute approximate surface area is 124 Å². The van der Waals surface area contributed by atoms with Gasteiger partial charge in [0.05, 0.1) is 6.54 Å². The first-order valence-corrected chi connectivity index (χ1v) is 7.23. The van der Waals surface area contributed by atoms with Crippen LogP contribution in [-0.2, 0) is 11.3 Å². The van der Waals surface area contributed by atoms with Crippen LogP contribution in [0.3, 0.4) is 0 Å². The molecule has 4 heteroatoms. The van der Waals surface area contributed by atoms with Gasteiger partial charge in [-0.2, -0.15) is 0 Å². The van der Waals surface area contributed by atoms with E-state index in [9.17, 15) is 9.59 Å². The van der Waals surface area contributed by atoms with Crippen LogP contribution in [0.15, 0.2) is 29.1 Å². The van der Waals surface area contributed by atoms with Crippen molar-refractivity contribution in [2.75, 3.05) is 7.05 Å². The molecule has 112 valence electrons. The Bertz CT molecular complexity index is 716. The number of H-pyrrole nitrogens is 1. The number of aryl methyl sites for hydroxylation is 1. The Morgan fingerprint density at radius 3 is 2.67 bits per heavy atom. The third kappa shape index (κ3) is 3.72. The molecular weight excluding hydrogens is 264 g/mol. The number of hydrogen-bond donors (Lipinski definition) is 1. The molecule has 0 unspecified atom stereocenters. The zero-order chi connectivity index (χ0) is 15.6. The van der Waals surface area contributed by atoms with Gasteiger partial charge in [-0.3, -0.25) is 9.59 Å². The molecule has 0 radical (unpaired) electrons. The highest BCUT2D eigenvalue weighted by Gasteiger charge is 2.13. The van der Waals surface area contributed by atoms with Crippen LogP contribution in [0.5, 0.6) is 0 Å². The molecule has 1 N–H and O–H groups in total. The molecule has 1 heterocycles. The second kappa shape index (κ2) is 6.12. The molecule has 1 aromatic heterocycles. The average Bonchev–Trinajstić information content (AvgIpc) is 2.39. The summed E-state index contributed by atoms with van der Waals surface area (Å²) in [6, 6.07) is 7.78. The topological polar surface area (TPSA) is 53.2 Å². The maximum absolute atomic E-state index is 12.1. The van der Waals surface area contributed by atoms with Gasteiger partial charge in [0.25, 0.3) is 5.56 Å². The van der Waals surface area contributed by atoms with Gasteiger partial charge in [0.15, 0.2) is 0 Å². The van der Waals surface area contributed by atoms with Gasteiger partial charge in [-0.25, -0.2) is 0 Å². The van der Waals surface area contributed by atoms with E-state index >= 15 is 0 Å². The number of rotatable bonds is 4. The summed E-state index contributed by atoms with van der Waals surface area (Å²) in [5.74, 6) is 0.381. The van der Waals surface area contributed by atoms with Crippen LogP contribution in [0, 0.1) is 12.8 Å². The fourth-order valence-corrected chi connectivity index (χ4v) is 2.34. The molecule has 0 spiro atoms. The number of aromatic nitrogens is 1. The fraction of sp³-hybridized carbons (Fsp3) is 0.412. The molecule has 0 aliphatic heterocycles. The van der Waals surface area contributed by atoms with E-state index in [1.54, 1.807) is 11.9 Å². The van der Waals surface area contributed by atoms with E-state index in [4.69, 9.17) is 0 Å². The molecule has 0 bridgehead atoms. The summed E-state index contributed by atoms with van der Waals surface area (Å²) in [5, 5.41) is 0.995. The smallest absolute Gasteiger partial charge is 0.253 e. The lowest BCUT2D eigenvalue weighted by Crippen LogP contribution is -2.29. The quantitative estimate of drug-likeness (QED) is 0.939. The predicted octanol–water partition coefficient (Wildman–Crippen LogP) is 2.84. The zero-order valence-corrected chi connectivity index (χ0v) is 13.1. The van der Waals surface area contributed by atoms with Crippen molar-refractivity contribution < 1.29 is 4.79 Å². The van der Waals surface area contributed by atoms with Crippen molar-refractivity contribution in [2.45, 2.75) is 33.7 Å². The monoisotopic (exact) mass is 286 g/mol. The Kier molecular flexibility index (Phi) is 4.46. The summed E-state index contributed by atoms with van der Waals surface area (Å²) >= 11 is 0. The van der Waals surface area contributed by atoms with Crippen LogP contribution in [0.25, 0.3) is 10.9 Å². The summed E-state index contributed by atoms with van der Waals surface area (Å²) in [5.41, 5.74) is 2.46. The van der Waals surface area contributed by atoms with Crippen LogP contribution < -0.4 is 5.56 Å². The van der Waals surface area contributed by atoms with E-state index in [1.165, 1.54) is 0 Å². The second-order valence-electron chi connectivity index (χ2n) is 6.06. The lowest BCUT2D eigenvalue weighted by molar-refractivity contribution is -0.131. The molecule has 1 aromatic carbocycles. The van der Waals surface area contributed by atoms with E-state index < -0.39 is 0 Å². The number of amides is 1.